The summed E-state index contributed by atoms with van der Waals surface area (Å²) >= 11 is 5.98. The van der Waals surface area contributed by atoms with Gasteiger partial charge in [0.05, 0.1) is 11.8 Å². The number of carbonyl (C=O) groups excluding carboxylic acids is 2. The van der Waals surface area contributed by atoms with Gasteiger partial charge in [-0.25, -0.2) is 0 Å². The minimum Gasteiger partial charge on any atom is -0.381 e. The number of amides is 2. The van der Waals surface area contributed by atoms with Crippen molar-refractivity contribution in [1.82, 2.24) is 9.80 Å². The van der Waals surface area contributed by atoms with Crippen LogP contribution in [-0.4, -0.2) is 67.6 Å². The van der Waals surface area contributed by atoms with Crippen molar-refractivity contribution in [2.45, 2.75) is 19.3 Å². The molecule has 0 atom stereocenters. The maximum atomic E-state index is 13.0. The van der Waals surface area contributed by atoms with Crippen LogP contribution in [0, 0.1) is 5.41 Å². The van der Waals surface area contributed by atoms with Crippen LogP contribution in [0.3, 0.4) is 0 Å². The van der Waals surface area contributed by atoms with Crippen LogP contribution in [0.15, 0.2) is 24.3 Å². The molecule has 1 aromatic rings. The fraction of sp³-hybridized carbons (Fsp3) is 0.579. The van der Waals surface area contributed by atoms with Gasteiger partial charge in [0.25, 0.3) is 0 Å². The Morgan fingerprint density at radius 3 is 2.38 bits per heavy atom. The molecule has 0 bridgehead atoms. The number of nitrogens with two attached hydrogens (primary N) is 1. The fourth-order valence-electron chi connectivity index (χ4n) is 3.70. The molecule has 2 aliphatic rings. The standard InChI is InChI=1S/C19H26ClN3O3/c20-16-3-1-2-15(12-16)13-17(24)22-6-8-23(9-7-22)18(25)19(14-21)4-10-26-11-5-19/h1-3,12H,4-11,13-14,21H2. The Kier molecular flexibility index (Phi) is 6.16. The zero-order valence-corrected chi connectivity index (χ0v) is 15.7. The first-order chi connectivity index (χ1) is 12.5. The van der Waals surface area contributed by atoms with Crippen molar-refractivity contribution in [3.63, 3.8) is 0 Å². The molecular weight excluding hydrogens is 354 g/mol. The van der Waals surface area contributed by atoms with Crippen molar-refractivity contribution < 1.29 is 14.3 Å². The van der Waals surface area contributed by atoms with Gasteiger partial charge in [0.1, 0.15) is 0 Å². The summed E-state index contributed by atoms with van der Waals surface area (Å²) < 4.78 is 5.39. The van der Waals surface area contributed by atoms with Crippen LogP contribution >= 0.6 is 11.6 Å². The van der Waals surface area contributed by atoms with E-state index in [0.717, 1.165) is 5.56 Å². The maximum absolute atomic E-state index is 13.0. The fourth-order valence-corrected chi connectivity index (χ4v) is 3.91. The molecule has 2 fully saturated rings. The van der Waals surface area contributed by atoms with Gasteiger partial charge in [0.2, 0.25) is 11.8 Å². The van der Waals surface area contributed by atoms with E-state index in [1.807, 2.05) is 28.0 Å². The third kappa shape index (κ3) is 4.19. The number of carbonyl (C=O) groups is 2. The predicted octanol–water partition coefficient (Wildman–Crippen LogP) is 1.31. The Morgan fingerprint density at radius 1 is 1.12 bits per heavy atom. The lowest BCUT2D eigenvalue weighted by atomic mass is 9.78. The van der Waals surface area contributed by atoms with Gasteiger partial charge in [-0.1, -0.05) is 23.7 Å². The number of hydrogen-bond donors (Lipinski definition) is 1. The molecule has 0 unspecified atom stereocenters. The molecule has 0 saturated carbocycles. The third-order valence-corrected chi connectivity index (χ3v) is 5.69. The van der Waals surface area contributed by atoms with E-state index in [9.17, 15) is 9.59 Å². The molecule has 1 aromatic carbocycles. The highest BCUT2D eigenvalue weighted by atomic mass is 35.5. The largest absolute Gasteiger partial charge is 0.381 e. The second-order valence-corrected chi connectivity index (χ2v) is 7.51. The summed E-state index contributed by atoms with van der Waals surface area (Å²) in [5, 5.41) is 0.634. The van der Waals surface area contributed by atoms with Crippen LogP contribution in [0.2, 0.25) is 5.02 Å². The normalized spacial score (nSPS) is 20.1. The molecule has 2 saturated heterocycles. The van der Waals surface area contributed by atoms with Crippen LogP contribution in [0.1, 0.15) is 18.4 Å². The first-order valence-electron chi connectivity index (χ1n) is 9.13. The van der Waals surface area contributed by atoms with Gasteiger partial charge in [-0.3, -0.25) is 9.59 Å². The summed E-state index contributed by atoms with van der Waals surface area (Å²) in [6, 6.07) is 7.36. The minimum absolute atomic E-state index is 0.0685. The Hall–Kier alpha value is -1.63. The molecule has 0 radical (unpaired) electrons. The molecule has 6 nitrogen and oxygen atoms in total. The highest BCUT2D eigenvalue weighted by Gasteiger charge is 2.42. The molecule has 26 heavy (non-hydrogen) atoms. The maximum Gasteiger partial charge on any atom is 0.230 e. The second kappa shape index (κ2) is 8.37. The molecule has 0 aromatic heterocycles. The first kappa shape index (κ1) is 19.1. The van der Waals surface area contributed by atoms with E-state index in [2.05, 4.69) is 0 Å². The van der Waals surface area contributed by atoms with Gasteiger partial charge < -0.3 is 20.3 Å². The van der Waals surface area contributed by atoms with Crippen molar-refractivity contribution in [2.24, 2.45) is 11.1 Å². The molecule has 0 spiro atoms. The summed E-state index contributed by atoms with van der Waals surface area (Å²) in [4.78, 5) is 29.2. The molecule has 0 aliphatic carbocycles. The average Bonchev–Trinajstić information content (AvgIpc) is 2.68. The average molecular weight is 380 g/mol. The number of benzene rings is 1. The highest BCUT2D eigenvalue weighted by molar-refractivity contribution is 6.30. The van der Waals surface area contributed by atoms with Crippen LogP contribution < -0.4 is 5.73 Å². The predicted molar refractivity (Wildman–Crippen MR) is 99.9 cm³/mol. The Bertz CT molecular complexity index is 653. The molecule has 142 valence electrons. The smallest absolute Gasteiger partial charge is 0.230 e. The number of halogens is 1. The van der Waals surface area contributed by atoms with Gasteiger partial charge in [0.15, 0.2) is 0 Å². The summed E-state index contributed by atoms with van der Waals surface area (Å²) in [7, 11) is 0. The Morgan fingerprint density at radius 2 is 1.77 bits per heavy atom. The molecule has 7 heteroatoms. The lowest BCUT2D eigenvalue weighted by molar-refractivity contribution is -0.151. The zero-order chi connectivity index (χ0) is 18.6. The quantitative estimate of drug-likeness (QED) is 0.855. The lowest BCUT2D eigenvalue weighted by Gasteiger charge is -2.42. The van der Waals surface area contributed by atoms with Gasteiger partial charge in [0, 0.05) is 51.0 Å². The number of rotatable bonds is 4. The summed E-state index contributed by atoms with van der Waals surface area (Å²) in [5.74, 6) is 0.184. The van der Waals surface area contributed by atoms with Crippen molar-refractivity contribution in [3.05, 3.63) is 34.9 Å². The Labute approximate surface area is 159 Å². The molecule has 2 amide bonds. The molecular formula is C19H26ClN3O3. The highest BCUT2D eigenvalue weighted by Crippen LogP contribution is 2.32. The van der Waals surface area contributed by atoms with Crippen LogP contribution in [0.25, 0.3) is 0 Å². The van der Waals surface area contributed by atoms with Crippen LogP contribution in [0.5, 0.6) is 0 Å². The van der Waals surface area contributed by atoms with Crippen LogP contribution in [0.4, 0.5) is 0 Å². The van der Waals surface area contributed by atoms with Crippen molar-refractivity contribution in [1.29, 1.82) is 0 Å². The monoisotopic (exact) mass is 379 g/mol. The topological polar surface area (TPSA) is 75.9 Å². The lowest BCUT2D eigenvalue weighted by Crippen LogP contribution is -2.57. The number of piperazine rings is 1. The van der Waals surface area contributed by atoms with Gasteiger partial charge in [-0.2, -0.15) is 0 Å². The van der Waals surface area contributed by atoms with E-state index >= 15 is 0 Å². The number of nitrogens with zero attached hydrogens (tertiary/aromatic N) is 2. The van der Waals surface area contributed by atoms with Gasteiger partial charge >= 0.3 is 0 Å². The zero-order valence-electron chi connectivity index (χ0n) is 15.0. The van der Waals surface area contributed by atoms with Gasteiger partial charge in [-0.05, 0) is 30.5 Å². The van der Waals surface area contributed by atoms with Crippen LogP contribution in [-0.2, 0) is 20.7 Å². The molecule has 2 aliphatic heterocycles. The van der Waals surface area contributed by atoms with E-state index < -0.39 is 5.41 Å². The minimum atomic E-state index is -0.495. The molecule has 2 heterocycles. The number of ether oxygens (including phenoxy) is 1. The van der Waals surface area contributed by atoms with E-state index in [0.29, 0.717) is 70.2 Å². The van der Waals surface area contributed by atoms with Crippen molar-refractivity contribution in [2.75, 3.05) is 45.9 Å². The van der Waals surface area contributed by atoms with Crippen molar-refractivity contribution >= 4 is 23.4 Å². The van der Waals surface area contributed by atoms with Gasteiger partial charge in [-0.15, -0.1) is 0 Å². The first-order valence-corrected chi connectivity index (χ1v) is 9.51. The Balaban J connectivity index is 1.55. The molecule has 3 rings (SSSR count). The SMILES string of the molecule is NCC1(C(=O)N2CCN(C(=O)Cc3cccc(Cl)c3)CC2)CCOCC1. The van der Waals surface area contributed by atoms with E-state index in [1.165, 1.54) is 0 Å². The number of hydrogen-bond acceptors (Lipinski definition) is 4. The summed E-state index contributed by atoms with van der Waals surface area (Å²) in [6.45, 7) is 3.75. The third-order valence-electron chi connectivity index (χ3n) is 5.46. The summed E-state index contributed by atoms with van der Waals surface area (Å²) in [6.07, 6.45) is 1.69. The second-order valence-electron chi connectivity index (χ2n) is 7.08. The molecule has 2 N–H and O–H groups in total. The van der Waals surface area contributed by atoms with Crippen molar-refractivity contribution in [3.8, 4) is 0 Å². The van der Waals surface area contributed by atoms with E-state index in [-0.39, 0.29) is 11.8 Å². The summed E-state index contributed by atoms with van der Waals surface area (Å²) in [5.41, 5.74) is 6.35. The van der Waals surface area contributed by atoms with E-state index in [4.69, 9.17) is 22.1 Å². The van der Waals surface area contributed by atoms with E-state index in [1.54, 1.807) is 6.07 Å².